The Morgan fingerprint density at radius 3 is 2.24 bits per heavy atom. The second-order valence-electron chi connectivity index (χ2n) is 10.1. The fourth-order valence-corrected chi connectivity index (χ4v) is 4.89. The summed E-state index contributed by atoms with van der Waals surface area (Å²) in [4.78, 5) is 40.7. The molecule has 1 saturated heterocycles. The van der Waals surface area contributed by atoms with Crippen molar-refractivity contribution >= 4 is 31.9 Å². The summed E-state index contributed by atoms with van der Waals surface area (Å²) in [5.74, 6) is 0.0785. The topological polar surface area (TPSA) is 87.7 Å². The van der Waals surface area contributed by atoms with Gasteiger partial charge in [-0.15, -0.1) is 8.86 Å². The van der Waals surface area contributed by atoms with E-state index in [1.165, 1.54) is 6.42 Å². The van der Waals surface area contributed by atoms with Crippen LogP contribution < -0.4 is 15.4 Å². The molecule has 37 heavy (non-hydrogen) atoms. The zero-order valence-electron chi connectivity index (χ0n) is 24.1. The van der Waals surface area contributed by atoms with E-state index < -0.39 is 12.1 Å². The highest BCUT2D eigenvalue weighted by atomic mass is 31.0. The number of carbonyl (C=O) groups excluding carboxylic acids is 3. The molecule has 1 aliphatic rings. The summed E-state index contributed by atoms with van der Waals surface area (Å²) in [6.45, 7) is 14.3. The minimum Gasteiger partial charge on any atom is -0.496 e. The molecule has 0 radical (unpaired) electrons. The lowest BCUT2D eigenvalue weighted by Gasteiger charge is -2.29. The van der Waals surface area contributed by atoms with Crippen molar-refractivity contribution in [3.63, 3.8) is 0 Å². The first kappa shape index (κ1) is 32.6. The second-order valence-corrected chi connectivity index (χ2v) is 10.9. The SMILES string of the molecule is CCC.CCCCC(CC(C)=P)NC(=O)C1CCCN1C(=O)C(C)NC(=O)c1cc(C)c(OC)c(C)c1. The fourth-order valence-electron chi connectivity index (χ4n) is 4.64. The molecule has 208 valence electrons. The van der Waals surface area contributed by atoms with Crippen LogP contribution >= 0.6 is 8.86 Å². The number of unbranched alkanes of at least 4 members (excludes halogenated alkanes) is 1. The quantitative estimate of drug-likeness (QED) is 0.381. The number of amides is 3. The molecule has 1 aromatic rings. The van der Waals surface area contributed by atoms with Crippen LogP contribution in [0.1, 0.15) is 101 Å². The number of benzene rings is 1. The number of methoxy groups -OCH3 is 1. The van der Waals surface area contributed by atoms with Crippen LogP contribution in [0.25, 0.3) is 0 Å². The number of carbonyl (C=O) groups is 3. The minimum absolute atomic E-state index is 0.0428. The molecule has 0 aliphatic carbocycles. The number of rotatable bonds is 11. The molecule has 1 heterocycles. The number of ether oxygens (including phenoxy) is 1. The molecule has 7 nitrogen and oxygen atoms in total. The van der Waals surface area contributed by atoms with Gasteiger partial charge in [0.25, 0.3) is 5.91 Å². The third-order valence-electron chi connectivity index (χ3n) is 6.29. The molecule has 0 spiro atoms. The molecule has 1 aliphatic heterocycles. The average molecular weight is 534 g/mol. The van der Waals surface area contributed by atoms with Crippen LogP contribution in [-0.2, 0) is 9.59 Å². The first-order chi connectivity index (χ1) is 17.5. The lowest BCUT2D eigenvalue weighted by molar-refractivity contribution is -0.139. The van der Waals surface area contributed by atoms with Crippen molar-refractivity contribution < 1.29 is 19.1 Å². The van der Waals surface area contributed by atoms with Crippen molar-refractivity contribution in [2.45, 2.75) is 112 Å². The third-order valence-corrected chi connectivity index (χ3v) is 6.49. The molecule has 1 aromatic carbocycles. The van der Waals surface area contributed by atoms with Gasteiger partial charge < -0.3 is 20.3 Å². The van der Waals surface area contributed by atoms with Crippen LogP contribution in [0.4, 0.5) is 0 Å². The van der Waals surface area contributed by atoms with Crippen LogP contribution in [0.2, 0.25) is 0 Å². The van der Waals surface area contributed by atoms with Crippen LogP contribution in [0.15, 0.2) is 12.1 Å². The predicted octanol–water partition coefficient (Wildman–Crippen LogP) is 5.24. The summed E-state index contributed by atoms with van der Waals surface area (Å²) >= 11 is 0. The standard InChI is InChI=1S/C26H40N3O4P.C3H8/c1-7-8-10-21(15-18(4)34)28-25(31)22-11-9-12-29(22)26(32)19(5)27-24(30)20-13-16(2)23(33-6)17(3)14-20;1-3-2/h13-14,19,21-22,34H,7-12,15H2,1-6H3,(H,27,30)(H,28,31);3H2,1-2H3. The van der Waals surface area contributed by atoms with Gasteiger partial charge in [-0.25, -0.2) is 0 Å². The van der Waals surface area contributed by atoms with Gasteiger partial charge in [0.2, 0.25) is 11.8 Å². The zero-order valence-corrected chi connectivity index (χ0v) is 25.1. The van der Waals surface area contributed by atoms with Crippen molar-refractivity contribution in [3.05, 3.63) is 28.8 Å². The molecule has 3 unspecified atom stereocenters. The summed E-state index contributed by atoms with van der Waals surface area (Å²) in [5.41, 5.74) is 2.19. The number of nitrogens with zero attached hydrogens (tertiary/aromatic N) is 1. The molecule has 0 aromatic heterocycles. The van der Waals surface area contributed by atoms with Gasteiger partial charge in [-0.1, -0.05) is 45.3 Å². The number of nitrogens with one attached hydrogen (secondary N) is 2. The first-order valence-electron chi connectivity index (χ1n) is 13.6. The van der Waals surface area contributed by atoms with Crippen LogP contribution in [0.5, 0.6) is 5.75 Å². The van der Waals surface area contributed by atoms with Crippen LogP contribution in [0, 0.1) is 13.8 Å². The minimum atomic E-state index is -0.739. The molecule has 3 atom stereocenters. The molecular formula is C29H48N3O4P. The van der Waals surface area contributed by atoms with Gasteiger partial charge in [0.15, 0.2) is 0 Å². The van der Waals surface area contributed by atoms with Gasteiger partial charge in [-0.3, -0.25) is 14.4 Å². The first-order valence-corrected chi connectivity index (χ1v) is 14.1. The zero-order chi connectivity index (χ0) is 28.1. The van der Waals surface area contributed by atoms with E-state index >= 15 is 0 Å². The second kappa shape index (κ2) is 16.4. The summed E-state index contributed by atoms with van der Waals surface area (Å²) in [5, 5.41) is 7.05. The normalized spacial score (nSPS) is 16.2. The maximum absolute atomic E-state index is 13.2. The Morgan fingerprint density at radius 2 is 1.73 bits per heavy atom. The van der Waals surface area contributed by atoms with Gasteiger partial charge in [-0.2, -0.15) is 0 Å². The Hall–Kier alpha value is -2.40. The van der Waals surface area contributed by atoms with E-state index in [1.807, 2.05) is 20.8 Å². The van der Waals surface area contributed by atoms with Crippen LogP contribution in [-0.4, -0.2) is 59.7 Å². The van der Waals surface area contributed by atoms with Crippen molar-refractivity contribution in [3.8, 4) is 5.75 Å². The number of aryl methyl sites for hydroxylation is 2. The van der Waals surface area contributed by atoms with E-state index in [4.69, 9.17) is 4.74 Å². The van der Waals surface area contributed by atoms with Crippen molar-refractivity contribution in [2.75, 3.05) is 13.7 Å². The Morgan fingerprint density at radius 1 is 1.14 bits per heavy atom. The van der Waals surface area contributed by atoms with E-state index in [1.54, 1.807) is 31.1 Å². The maximum Gasteiger partial charge on any atom is 0.251 e. The molecule has 2 N–H and O–H groups in total. The van der Waals surface area contributed by atoms with Gasteiger partial charge in [0, 0.05) is 18.2 Å². The lowest BCUT2D eigenvalue weighted by atomic mass is 10.0. The van der Waals surface area contributed by atoms with Gasteiger partial charge in [0.05, 0.1) is 7.11 Å². The Bertz CT molecular complexity index is 911. The molecule has 0 bridgehead atoms. The van der Waals surface area contributed by atoms with E-state index in [0.29, 0.717) is 18.5 Å². The Kier molecular flexibility index (Phi) is 14.5. The molecule has 1 fully saturated rings. The van der Waals surface area contributed by atoms with Gasteiger partial charge in [0.1, 0.15) is 17.8 Å². The predicted molar refractivity (Wildman–Crippen MR) is 155 cm³/mol. The molecule has 3 amide bonds. The van der Waals surface area contributed by atoms with Crippen molar-refractivity contribution in [2.24, 2.45) is 0 Å². The fraction of sp³-hybridized carbons (Fsp3) is 0.655. The lowest BCUT2D eigenvalue weighted by Crippen LogP contribution is -2.53. The molecular weight excluding hydrogens is 485 g/mol. The van der Waals surface area contributed by atoms with Crippen LogP contribution in [0.3, 0.4) is 0 Å². The molecule has 0 saturated carbocycles. The summed E-state index contributed by atoms with van der Waals surface area (Å²) in [6.07, 6.45) is 6.40. The van der Waals surface area contributed by atoms with Crippen molar-refractivity contribution in [1.29, 1.82) is 0 Å². The Labute approximate surface area is 226 Å². The third kappa shape index (κ3) is 10.1. The van der Waals surface area contributed by atoms with Gasteiger partial charge in [-0.05, 0) is 76.6 Å². The monoisotopic (exact) mass is 533 g/mol. The largest absolute Gasteiger partial charge is 0.496 e. The number of hydrogen-bond donors (Lipinski definition) is 2. The smallest absolute Gasteiger partial charge is 0.251 e. The van der Waals surface area contributed by atoms with E-state index in [9.17, 15) is 14.4 Å². The number of hydrogen-bond acceptors (Lipinski definition) is 4. The highest BCUT2D eigenvalue weighted by molar-refractivity contribution is 7.20. The Balaban J connectivity index is 0.00000217. The summed E-state index contributed by atoms with van der Waals surface area (Å²) < 4.78 is 5.37. The van der Waals surface area contributed by atoms with Gasteiger partial charge >= 0.3 is 0 Å². The molecule has 2 rings (SSSR count). The van der Waals surface area contributed by atoms with E-state index in [0.717, 1.165) is 54.3 Å². The van der Waals surface area contributed by atoms with Crippen molar-refractivity contribution in [1.82, 2.24) is 15.5 Å². The summed E-state index contributed by atoms with van der Waals surface area (Å²) in [6, 6.07) is 2.31. The summed E-state index contributed by atoms with van der Waals surface area (Å²) in [7, 11) is 5.16. The highest BCUT2D eigenvalue weighted by Gasteiger charge is 2.37. The number of likely N-dealkylation sites (tertiary alicyclic amines) is 1. The molecule has 8 heteroatoms. The average Bonchev–Trinajstić information content (AvgIpc) is 3.32. The van der Waals surface area contributed by atoms with E-state index in [-0.39, 0.29) is 23.8 Å². The van der Waals surface area contributed by atoms with E-state index in [2.05, 4.69) is 40.3 Å². The highest BCUT2D eigenvalue weighted by Crippen LogP contribution is 2.24. The maximum atomic E-state index is 13.2.